The highest BCUT2D eigenvalue weighted by Crippen LogP contribution is 2.10. The number of thioether (sulfide) groups is 1. The summed E-state index contributed by atoms with van der Waals surface area (Å²) >= 11 is 1.52. The van der Waals surface area contributed by atoms with Gasteiger partial charge in [-0.15, -0.1) is 16.9 Å². The predicted molar refractivity (Wildman–Crippen MR) is 65.1 cm³/mol. The summed E-state index contributed by atoms with van der Waals surface area (Å²) in [4.78, 5) is 11.5. The van der Waals surface area contributed by atoms with Crippen LogP contribution in [0.5, 0.6) is 0 Å². The van der Waals surface area contributed by atoms with Crippen LogP contribution in [0.15, 0.2) is 21.8 Å². The van der Waals surface area contributed by atoms with Crippen LogP contribution in [0.1, 0.15) is 11.5 Å². The summed E-state index contributed by atoms with van der Waals surface area (Å²) in [5, 5.41) is 17.4. The van der Waals surface area contributed by atoms with Gasteiger partial charge in [0.2, 0.25) is 5.91 Å². The molecule has 0 aliphatic carbocycles. The molecule has 1 amide bonds. The van der Waals surface area contributed by atoms with E-state index in [-0.39, 0.29) is 12.3 Å². The average Bonchev–Trinajstić information content (AvgIpc) is 2.96. The van der Waals surface area contributed by atoms with E-state index in [2.05, 4.69) is 25.9 Å². The summed E-state index contributed by atoms with van der Waals surface area (Å²) in [5.41, 5.74) is 0.777. The molecule has 0 aromatic carbocycles. The number of aromatic nitrogens is 4. The van der Waals surface area contributed by atoms with Gasteiger partial charge in [-0.3, -0.25) is 4.79 Å². The number of nitrogens with one attached hydrogen (secondary N) is 2. The third kappa shape index (κ3) is 3.88. The van der Waals surface area contributed by atoms with Gasteiger partial charge in [0.15, 0.2) is 0 Å². The molecular formula is C10H13N5O2S. The largest absolute Gasteiger partial charge is 0.361 e. The van der Waals surface area contributed by atoms with Crippen LogP contribution in [0.4, 0.5) is 0 Å². The molecule has 2 aromatic heterocycles. The number of amides is 1. The molecular weight excluding hydrogens is 254 g/mol. The van der Waals surface area contributed by atoms with Crippen molar-refractivity contribution in [1.82, 2.24) is 25.9 Å². The fourth-order valence-corrected chi connectivity index (χ4v) is 1.97. The Kier molecular flexibility index (Phi) is 4.35. The monoisotopic (exact) mass is 267 g/mol. The molecule has 2 aromatic rings. The molecule has 0 saturated carbocycles. The molecule has 7 nitrogen and oxygen atoms in total. The highest BCUT2D eigenvalue weighted by molar-refractivity contribution is 7.99. The Morgan fingerprint density at radius 3 is 3.17 bits per heavy atom. The Morgan fingerprint density at radius 1 is 1.61 bits per heavy atom. The quantitative estimate of drug-likeness (QED) is 0.586. The second kappa shape index (κ2) is 6.20. The van der Waals surface area contributed by atoms with Gasteiger partial charge in [-0.2, -0.15) is 10.3 Å². The van der Waals surface area contributed by atoms with Crippen molar-refractivity contribution in [1.29, 1.82) is 0 Å². The summed E-state index contributed by atoms with van der Waals surface area (Å²) < 4.78 is 4.96. The molecule has 8 heteroatoms. The topological polar surface area (TPSA) is 96.7 Å². The second-order valence-corrected chi connectivity index (χ2v) is 4.73. The van der Waals surface area contributed by atoms with E-state index in [1.807, 2.05) is 6.92 Å². The van der Waals surface area contributed by atoms with Gasteiger partial charge in [0, 0.05) is 18.4 Å². The fraction of sp³-hybridized carbons (Fsp3) is 0.400. The first-order valence-electron chi connectivity index (χ1n) is 5.41. The van der Waals surface area contributed by atoms with Gasteiger partial charge in [0.1, 0.15) is 10.8 Å². The van der Waals surface area contributed by atoms with Crippen molar-refractivity contribution in [3.8, 4) is 0 Å². The molecule has 0 aliphatic rings. The van der Waals surface area contributed by atoms with Gasteiger partial charge in [0.25, 0.3) is 0 Å². The minimum atomic E-state index is -0.0769. The van der Waals surface area contributed by atoms with Crippen molar-refractivity contribution < 1.29 is 9.32 Å². The number of nitrogens with zero attached hydrogens (tertiary/aromatic N) is 3. The number of hydrogen-bond donors (Lipinski definition) is 2. The first-order valence-corrected chi connectivity index (χ1v) is 6.40. The zero-order chi connectivity index (χ0) is 12.8. The molecule has 0 aliphatic heterocycles. The first kappa shape index (κ1) is 12.6. The van der Waals surface area contributed by atoms with E-state index in [1.165, 1.54) is 11.8 Å². The van der Waals surface area contributed by atoms with Crippen LogP contribution in [0.25, 0.3) is 0 Å². The predicted octanol–water partition coefficient (Wildman–Crippen LogP) is 0.552. The molecule has 0 spiro atoms. The van der Waals surface area contributed by atoms with E-state index in [0.717, 1.165) is 16.5 Å². The molecule has 0 unspecified atom stereocenters. The molecule has 0 fully saturated rings. The van der Waals surface area contributed by atoms with Crippen molar-refractivity contribution in [3.05, 3.63) is 23.7 Å². The smallest absolute Gasteiger partial charge is 0.227 e. The van der Waals surface area contributed by atoms with Crippen molar-refractivity contribution >= 4 is 17.7 Å². The normalized spacial score (nSPS) is 10.5. The SMILES string of the molecule is Cc1cc(CC(=O)NCCSc2cn[nH]n2)on1. The Balaban J connectivity index is 1.63. The van der Waals surface area contributed by atoms with Crippen LogP contribution in [0, 0.1) is 6.92 Å². The maximum absolute atomic E-state index is 11.5. The summed E-state index contributed by atoms with van der Waals surface area (Å²) in [6, 6.07) is 1.75. The van der Waals surface area contributed by atoms with Gasteiger partial charge < -0.3 is 9.84 Å². The maximum atomic E-state index is 11.5. The first-order chi connectivity index (χ1) is 8.74. The Morgan fingerprint density at radius 2 is 2.50 bits per heavy atom. The summed E-state index contributed by atoms with van der Waals surface area (Å²) in [6.07, 6.45) is 1.86. The molecule has 96 valence electrons. The lowest BCUT2D eigenvalue weighted by Gasteiger charge is -2.01. The Bertz CT molecular complexity index is 496. The summed E-state index contributed by atoms with van der Waals surface area (Å²) in [7, 11) is 0. The molecule has 18 heavy (non-hydrogen) atoms. The lowest BCUT2D eigenvalue weighted by molar-refractivity contribution is -0.120. The molecule has 0 bridgehead atoms. The Labute approximate surface area is 108 Å². The highest BCUT2D eigenvalue weighted by Gasteiger charge is 2.07. The van der Waals surface area contributed by atoms with Crippen LogP contribution in [-0.2, 0) is 11.2 Å². The molecule has 0 atom stereocenters. The van der Waals surface area contributed by atoms with Gasteiger partial charge in [-0.25, -0.2) is 0 Å². The van der Waals surface area contributed by atoms with E-state index < -0.39 is 0 Å². The van der Waals surface area contributed by atoms with Crippen molar-refractivity contribution in [3.63, 3.8) is 0 Å². The standard InChI is InChI=1S/C10H13N5O2S/c1-7-4-8(17-14-7)5-9(16)11-2-3-18-10-6-12-15-13-10/h4,6H,2-3,5H2,1H3,(H,11,16)(H,12,13,15). The zero-order valence-electron chi connectivity index (χ0n) is 9.84. The van der Waals surface area contributed by atoms with Crippen LogP contribution >= 0.6 is 11.8 Å². The third-order valence-electron chi connectivity index (χ3n) is 2.08. The van der Waals surface area contributed by atoms with Crippen LogP contribution in [-0.4, -0.2) is 38.8 Å². The van der Waals surface area contributed by atoms with Crippen molar-refractivity contribution in [2.45, 2.75) is 18.4 Å². The lowest BCUT2D eigenvalue weighted by atomic mass is 10.3. The van der Waals surface area contributed by atoms with Crippen LogP contribution in [0.3, 0.4) is 0 Å². The minimum absolute atomic E-state index is 0.0769. The number of aromatic amines is 1. The van der Waals surface area contributed by atoms with Crippen LogP contribution < -0.4 is 5.32 Å². The number of rotatable bonds is 6. The molecule has 2 N–H and O–H groups in total. The number of carbonyl (C=O) groups is 1. The van der Waals surface area contributed by atoms with E-state index in [4.69, 9.17) is 4.52 Å². The number of H-pyrrole nitrogens is 1. The second-order valence-electron chi connectivity index (χ2n) is 3.62. The minimum Gasteiger partial charge on any atom is -0.361 e. The Hall–Kier alpha value is -1.83. The van der Waals surface area contributed by atoms with E-state index in [9.17, 15) is 4.79 Å². The van der Waals surface area contributed by atoms with E-state index in [0.29, 0.717) is 12.3 Å². The van der Waals surface area contributed by atoms with Gasteiger partial charge in [-0.1, -0.05) is 5.16 Å². The number of aryl methyl sites for hydroxylation is 1. The van der Waals surface area contributed by atoms with Crippen LogP contribution in [0.2, 0.25) is 0 Å². The average molecular weight is 267 g/mol. The maximum Gasteiger partial charge on any atom is 0.227 e. The number of hydrogen-bond acceptors (Lipinski definition) is 6. The fourth-order valence-electron chi connectivity index (χ4n) is 1.33. The van der Waals surface area contributed by atoms with E-state index in [1.54, 1.807) is 12.3 Å². The summed E-state index contributed by atoms with van der Waals surface area (Å²) in [5.74, 6) is 1.24. The highest BCUT2D eigenvalue weighted by atomic mass is 32.2. The third-order valence-corrected chi connectivity index (χ3v) is 2.98. The van der Waals surface area contributed by atoms with E-state index >= 15 is 0 Å². The lowest BCUT2D eigenvalue weighted by Crippen LogP contribution is -2.27. The van der Waals surface area contributed by atoms with Gasteiger partial charge >= 0.3 is 0 Å². The molecule has 0 radical (unpaired) electrons. The molecule has 2 heterocycles. The number of carbonyl (C=O) groups excluding carboxylic acids is 1. The zero-order valence-corrected chi connectivity index (χ0v) is 10.7. The molecule has 0 saturated heterocycles. The van der Waals surface area contributed by atoms with Gasteiger partial charge in [-0.05, 0) is 6.92 Å². The summed E-state index contributed by atoms with van der Waals surface area (Å²) in [6.45, 7) is 2.39. The van der Waals surface area contributed by atoms with Gasteiger partial charge in [0.05, 0.1) is 18.3 Å². The van der Waals surface area contributed by atoms with Crippen molar-refractivity contribution in [2.75, 3.05) is 12.3 Å². The van der Waals surface area contributed by atoms with Crippen molar-refractivity contribution in [2.24, 2.45) is 0 Å². The molecule has 2 rings (SSSR count).